The molecule has 0 fully saturated rings. The quantitative estimate of drug-likeness (QED) is 0.395. The molecule has 28 heavy (non-hydrogen) atoms. The van der Waals surface area contributed by atoms with E-state index in [0.717, 1.165) is 29.0 Å². The van der Waals surface area contributed by atoms with Gasteiger partial charge in [0.2, 0.25) is 5.95 Å². The fourth-order valence-corrected chi connectivity index (χ4v) is 4.42. The van der Waals surface area contributed by atoms with E-state index in [9.17, 15) is 0 Å². The molecule has 4 aromatic rings. The van der Waals surface area contributed by atoms with Crippen LogP contribution >= 0.6 is 23.2 Å². The number of hydrogen-bond donors (Lipinski definition) is 1. The largest absolute Gasteiger partial charge is 0.349 e. The molecule has 0 bridgehead atoms. The minimum atomic E-state index is 0.101. The summed E-state index contributed by atoms with van der Waals surface area (Å²) in [5.41, 5.74) is 5.80. The number of aryl methyl sites for hydroxylation is 1. The zero-order chi connectivity index (χ0) is 19.3. The second-order valence-corrected chi connectivity index (χ2v) is 8.14. The number of benzene rings is 3. The van der Waals surface area contributed by atoms with Crippen molar-refractivity contribution in [2.24, 2.45) is 0 Å². The van der Waals surface area contributed by atoms with E-state index < -0.39 is 0 Å². The first kappa shape index (κ1) is 17.6. The molecule has 2 atom stereocenters. The Hall–Kier alpha value is -2.49. The van der Waals surface area contributed by atoms with Gasteiger partial charge in [-0.3, -0.25) is 0 Å². The SMILES string of the molecule is Cc1cccc([C@H]2C[C@@H](c3ccc(Cl)c(Cl)c3)Nc3nc4ccccc4n32)c1. The third-order valence-corrected chi connectivity index (χ3v) is 6.18. The highest BCUT2D eigenvalue weighted by Gasteiger charge is 2.31. The average Bonchev–Trinajstić information content (AvgIpc) is 3.08. The Balaban J connectivity index is 1.67. The predicted molar refractivity (Wildman–Crippen MR) is 116 cm³/mol. The highest BCUT2D eigenvalue weighted by Crippen LogP contribution is 2.42. The van der Waals surface area contributed by atoms with Gasteiger partial charge in [0.15, 0.2) is 0 Å². The number of fused-ring (bicyclic) bond motifs is 3. The first-order chi connectivity index (χ1) is 13.6. The van der Waals surface area contributed by atoms with Crippen LogP contribution in [0.2, 0.25) is 10.0 Å². The first-order valence-electron chi connectivity index (χ1n) is 9.35. The highest BCUT2D eigenvalue weighted by atomic mass is 35.5. The van der Waals surface area contributed by atoms with Crippen LogP contribution in [0.15, 0.2) is 66.7 Å². The Bertz CT molecular complexity index is 1180. The third kappa shape index (κ3) is 2.95. The number of imidazole rings is 1. The second kappa shape index (κ2) is 6.84. The van der Waals surface area contributed by atoms with Crippen LogP contribution in [0, 0.1) is 6.92 Å². The maximum absolute atomic E-state index is 6.29. The van der Waals surface area contributed by atoms with Crippen LogP contribution in [-0.2, 0) is 0 Å². The molecule has 2 heterocycles. The molecule has 0 saturated carbocycles. The first-order valence-corrected chi connectivity index (χ1v) is 10.1. The van der Waals surface area contributed by atoms with Crippen molar-refractivity contribution in [3.05, 3.63) is 93.5 Å². The van der Waals surface area contributed by atoms with Crippen LogP contribution in [0.1, 0.15) is 35.2 Å². The van der Waals surface area contributed by atoms with Gasteiger partial charge in [-0.1, -0.05) is 71.2 Å². The fraction of sp³-hybridized carbons (Fsp3) is 0.174. The highest BCUT2D eigenvalue weighted by molar-refractivity contribution is 6.42. The maximum atomic E-state index is 6.29. The Morgan fingerprint density at radius 3 is 2.61 bits per heavy atom. The molecular weight excluding hydrogens is 389 g/mol. The summed E-state index contributed by atoms with van der Waals surface area (Å²) in [4.78, 5) is 4.86. The average molecular weight is 408 g/mol. The lowest BCUT2D eigenvalue weighted by Gasteiger charge is -2.34. The molecule has 0 unspecified atom stereocenters. The lowest BCUT2D eigenvalue weighted by molar-refractivity contribution is 0.477. The van der Waals surface area contributed by atoms with Crippen LogP contribution in [0.4, 0.5) is 5.95 Å². The number of rotatable bonds is 2. The molecule has 0 amide bonds. The van der Waals surface area contributed by atoms with Crippen molar-refractivity contribution in [2.75, 3.05) is 5.32 Å². The van der Waals surface area contributed by atoms with Gasteiger partial charge in [0, 0.05) is 0 Å². The van der Waals surface area contributed by atoms with Crippen molar-refractivity contribution in [1.82, 2.24) is 9.55 Å². The number of para-hydroxylation sites is 2. The van der Waals surface area contributed by atoms with Gasteiger partial charge in [-0.25, -0.2) is 4.98 Å². The molecule has 0 radical (unpaired) electrons. The van der Waals surface area contributed by atoms with Crippen molar-refractivity contribution in [3.8, 4) is 0 Å². The second-order valence-electron chi connectivity index (χ2n) is 7.33. The van der Waals surface area contributed by atoms with Crippen LogP contribution in [-0.4, -0.2) is 9.55 Å². The molecule has 1 aliphatic heterocycles. The third-order valence-electron chi connectivity index (χ3n) is 5.44. The molecule has 3 aromatic carbocycles. The summed E-state index contributed by atoms with van der Waals surface area (Å²) in [7, 11) is 0. The molecule has 1 aliphatic rings. The topological polar surface area (TPSA) is 29.9 Å². The van der Waals surface area contributed by atoms with E-state index in [1.165, 1.54) is 11.1 Å². The molecular formula is C23H19Cl2N3. The minimum Gasteiger partial charge on any atom is -0.349 e. The monoisotopic (exact) mass is 407 g/mol. The predicted octanol–water partition coefficient (Wildman–Crippen LogP) is 6.80. The van der Waals surface area contributed by atoms with E-state index in [1.807, 2.05) is 24.3 Å². The molecule has 140 valence electrons. The van der Waals surface area contributed by atoms with Crippen molar-refractivity contribution in [3.63, 3.8) is 0 Å². The van der Waals surface area contributed by atoms with E-state index in [-0.39, 0.29) is 12.1 Å². The Labute approximate surface area is 173 Å². The van der Waals surface area contributed by atoms with Gasteiger partial charge in [0.05, 0.1) is 33.2 Å². The Morgan fingerprint density at radius 2 is 1.79 bits per heavy atom. The molecule has 0 spiro atoms. The van der Waals surface area contributed by atoms with Crippen LogP contribution < -0.4 is 5.32 Å². The summed E-state index contributed by atoms with van der Waals surface area (Å²) in [5, 5.41) is 4.76. The summed E-state index contributed by atoms with van der Waals surface area (Å²) >= 11 is 12.4. The van der Waals surface area contributed by atoms with E-state index in [4.69, 9.17) is 28.2 Å². The Morgan fingerprint density at radius 1 is 0.929 bits per heavy atom. The van der Waals surface area contributed by atoms with Crippen LogP contribution in [0.5, 0.6) is 0 Å². The molecule has 3 nitrogen and oxygen atoms in total. The Kier molecular flexibility index (Phi) is 4.30. The van der Waals surface area contributed by atoms with Gasteiger partial charge in [0.1, 0.15) is 0 Å². The molecule has 0 aliphatic carbocycles. The van der Waals surface area contributed by atoms with Crippen molar-refractivity contribution >= 4 is 40.2 Å². The van der Waals surface area contributed by atoms with Gasteiger partial charge >= 0.3 is 0 Å². The van der Waals surface area contributed by atoms with Crippen molar-refractivity contribution in [2.45, 2.75) is 25.4 Å². The summed E-state index contributed by atoms with van der Waals surface area (Å²) in [6.07, 6.45) is 0.898. The van der Waals surface area contributed by atoms with E-state index in [2.05, 4.69) is 59.3 Å². The van der Waals surface area contributed by atoms with Crippen LogP contribution in [0.25, 0.3) is 11.0 Å². The van der Waals surface area contributed by atoms with Crippen molar-refractivity contribution < 1.29 is 0 Å². The summed E-state index contributed by atoms with van der Waals surface area (Å²) < 4.78 is 2.32. The molecule has 1 aromatic heterocycles. The number of nitrogens with zero attached hydrogens (tertiary/aromatic N) is 2. The number of anilines is 1. The maximum Gasteiger partial charge on any atom is 0.204 e. The van der Waals surface area contributed by atoms with Gasteiger partial charge in [-0.15, -0.1) is 0 Å². The molecule has 0 saturated heterocycles. The molecule has 5 rings (SSSR count). The number of aromatic nitrogens is 2. The van der Waals surface area contributed by atoms with Crippen molar-refractivity contribution in [1.29, 1.82) is 0 Å². The lowest BCUT2D eigenvalue weighted by Crippen LogP contribution is -2.27. The van der Waals surface area contributed by atoms with Gasteiger partial charge < -0.3 is 9.88 Å². The zero-order valence-corrected chi connectivity index (χ0v) is 16.9. The number of halogens is 2. The molecule has 5 heteroatoms. The minimum absolute atomic E-state index is 0.101. The smallest absolute Gasteiger partial charge is 0.204 e. The lowest BCUT2D eigenvalue weighted by atomic mass is 9.92. The van der Waals surface area contributed by atoms with E-state index >= 15 is 0 Å². The zero-order valence-electron chi connectivity index (χ0n) is 15.4. The molecule has 1 N–H and O–H groups in total. The summed E-state index contributed by atoms with van der Waals surface area (Å²) in [6.45, 7) is 2.13. The summed E-state index contributed by atoms with van der Waals surface area (Å²) in [5.74, 6) is 0.884. The van der Waals surface area contributed by atoms with Gasteiger partial charge in [-0.2, -0.15) is 0 Å². The standard InChI is InChI=1S/C23H19Cl2N3/c1-14-5-4-6-16(11-14)22-13-20(15-9-10-17(24)18(25)12-15)27-23-26-19-7-2-3-8-21(19)28(22)23/h2-12,20,22H,13H2,1H3,(H,26,27)/t20-,22+/m0/s1. The number of nitrogens with one attached hydrogen (secondary N) is 1. The van der Waals surface area contributed by atoms with Gasteiger partial charge in [-0.05, 0) is 48.7 Å². The fourth-order valence-electron chi connectivity index (χ4n) is 4.12. The van der Waals surface area contributed by atoms with E-state index in [1.54, 1.807) is 0 Å². The van der Waals surface area contributed by atoms with Crippen LogP contribution in [0.3, 0.4) is 0 Å². The normalized spacial score (nSPS) is 18.7. The van der Waals surface area contributed by atoms with Gasteiger partial charge in [0.25, 0.3) is 0 Å². The number of hydrogen-bond acceptors (Lipinski definition) is 2. The van der Waals surface area contributed by atoms with E-state index in [0.29, 0.717) is 10.0 Å². The summed E-state index contributed by atoms with van der Waals surface area (Å²) in [6, 6.07) is 23.1.